The molecule has 1 heterocycles. The zero-order valence-electron chi connectivity index (χ0n) is 18.6. The zero-order valence-corrected chi connectivity index (χ0v) is 19.4. The second-order valence-electron chi connectivity index (χ2n) is 7.37. The molecule has 0 aliphatic rings. The number of nitrogens with zero attached hydrogens (tertiary/aromatic N) is 3. The van der Waals surface area contributed by atoms with Crippen LogP contribution in [0.5, 0.6) is 0 Å². The van der Waals surface area contributed by atoms with Crippen LogP contribution in [0.15, 0.2) is 64.2 Å². The molecule has 8 heteroatoms. The zero-order chi connectivity index (χ0) is 22.9. The van der Waals surface area contributed by atoms with Gasteiger partial charge in [-0.2, -0.15) is 0 Å². The van der Waals surface area contributed by atoms with E-state index in [1.165, 1.54) is 17.3 Å². The highest BCUT2D eigenvalue weighted by molar-refractivity contribution is 7.99. The molecule has 2 amide bonds. The lowest BCUT2D eigenvalue weighted by Crippen LogP contribution is -2.30. The Labute approximate surface area is 192 Å². The Bertz CT molecular complexity index is 1020. The minimum Gasteiger partial charge on any atom is -0.416 e. The number of amides is 2. The van der Waals surface area contributed by atoms with Gasteiger partial charge in [-0.25, -0.2) is 0 Å². The van der Waals surface area contributed by atoms with E-state index in [1.54, 1.807) is 29.2 Å². The van der Waals surface area contributed by atoms with Crippen molar-refractivity contribution in [2.75, 3.05) is 24.2 Å². The summed E-state index contributed by atoms with van der Waals surface area (Å²) in [6.07, 6.45) is 0.641. The van der Waals surface area contributed by atoms with Gasteiger partial charge in [-0.3, -0.25) is 9.59 Å². The van der Waals surface area contributed by atoms with Crippen LogP contribution in [-0.4, -0.2) is 45.8 Å². The highest BCUT2D eigenvalue weighted by atomic mass is 32.2. The second kappa shape index (κ2) is 11.5. The second-order valence-corrected chi connectivity index (χ2v) is 8.30. The van der Waals surface area contributed by atoms with Crippen LogP contribution >= 0.6 is 11.8 Å². The van der Waals surface area contributed by atoms with Gasteiger partial charge in [0, 0.05) is 30.8 Å². The van der Waals surface area contributed by atoms with Crippen LogP contribution in [0.2, 0.25) is 0 Å². The highest BCUT2D eigenvalue weighted by Gasteiger charge is 2.15. The lowest BCUT2D eigenvalue weighted by atomic mass is 9.98. The van der Waals surface area contributed by atoms with Crippen molar-refractivity contribution in [3.8, 4) is 0 Å². The number of rotatable bonds is 10. The summed E-state index contributed by atoms with van der Waals surface area (Å²) in [5, 5.41) is 11.3. The highest BCUT2D eigenvalue weighted by Crippen LogP contribution is 2.22. The molecule has 7 nitrogen and oxygen atoms in total. The molecule has 0 aliphatic carbocycles. The normalized spacial score (nSPS) is 11.7. The Morgan fingerprint density at radius 3 is 2.38 bits per heavy atom. The molecule has 1 unspecified atom stereocenters. The predicted octanol–water partition coefficient (Wildman–Crippen LogP) is 4.63. The third-order valence-electron chi connectivity index (χ3n) is 5.09. The maximum absolute atomic E-state index is 12.4. The van der Waals surface area contributed by atoms with E-state index in [2.05, 4.69) is 34.6 Å². The molecule has 3 rings (SSSR count). The summed E-state index contributed by atoms with van der Waals surface area (Å²) in [4.78, 5) is 26.4. The van der Waals surface area contributed by atoms with Gasteiger partial charge < -0.3 is 14.6 Å². The van der Waals surface area contributed by atoms with Crippen molar-refractivity contribution in [1.82, 2.24) is 15.1 Å². The van der Waals surface area contributed by atoms with Crippen molar-refractivity contribution >= 4 is 29.3 Å². The predicted molar refractivity (Wildman–Crippen MR) is 126 cm³/mol. The topological polar surface area (TPSA) is 88.3 Å². The van der Waals surface area contributed by atoms with E-state index in [0.717, 1.165) is 0 Å². The molecule has 1 aromatic heterocycles. The Hall–Kier alpha value is -3.13. The molecule has 0 bridgehead atoms. The van der Waals surface area contributed by atoms with Crippen LogP contribution in [0.4, 0.5) is 5.69 Å². The van der Waals surface area contributed by atoms with Crippen molar-refractivity contribution in [3.63, 3.8) is 0 Å². The fourth-order valence-electron chi connectivity index (χ4n) is 3.25. The number of thioether (sulfide) groups is 1. The fraction of sp³-hybridized carbons (Fsp3) is 0.333. The standard InChI is InChI=1S/C24H28N4O3S/c1-4-28(5-2)23(30)19-11-13-20(14-12-19)25-21(29)16-32-24-27-26-22(31-24)15-17(3)18-9-7-6-8-10-18/h6-14,17H,4-5,15-16H2,1-3H3,(H,25,29). The van der Waals surface area contributed by atoms with E-state index in [1.807, 2.05) is 32.0 Å². The third-order valence-corrected chi connectivity index (χ3v) is 5.91. The fourth-order valence-corrected chi connectivity index (χ4v) is 3.83. The number of benzene rings is 2. The molecule has 168 valence electrons. The first-order chi connectivity index (χ1) is 15.5. The Morgan fingerprint density at radius 2 is 1.72 bits per heavy atom. The number of carbonyl (C=O) groups excluding carboxylic acids is 2. The van der Waals surface area contributed by atoms with Crippen molar-refractivity contribution in [1.29, 1.82) is 0 Å². The average molecular weight is 453 g/mol. The van der Waals surface area contributed by atoms with Gasteiger partial charge in [-0.15, -0.1) is 10.2 Å². The van der Waals surface area contributed by atoms with Crippen molar-refractivity contribution in [3.05, 3.63) is 71.6 Å². The number of hydrogen-bond donors (Lipinski definition) is 1. The third kappa shape index (κ3) is 6.43. The van der Waals surface area contributed by atoms with Crippen molar-refractivity contribution < 1.29 is 14.0 Å². The maximum Gasteiger partial charge on any atom is 0.277 e. The number of anilines is 1. The Morgan fingerprint density at radius 1 is 1.03 bits per heavy atom. The number of aromatic nitrogens is 2. The summed E-state index contributed by atoms with van der Waals surface area (Å²) in [5.74, 6) is 0.759. The number of nitrogens with one attached hydrogen (secondary N) is 1. The van der Waals surface area contributed by atoms with E-state index in [-0.39, 0.29) is 23.5 Å². The van der Waals surface area contributed by atoms with Gasteiger partial charge in [0.25, 0.3) is 11.1 Å². The van der Waals surface area contributed by atoms with Crippen LogP contribution < -0.4 is 5.32 Å². The van der Waals surface area contributed by atoms with Crippen LogP contribution in [-0.2, 0) is 11.2 Å². The van der Waals surface area contributed by atoms with Crippen LogP contribution in [0.3, 0.4) is 0 Å². The molecule has 2 aromatic carbocycles. The maximum atomic E-state index is 12.4. The van der Waals surface area contributed by atoms with E-state index in [0.29, 0.717) is 41.9 Å². The first kappa shape index (κ1) is 23.5. The summed E-state index contributed by atoms with van der Waals surface area (Å²) in [7, 11) is 0. The molecule has 0 spiro atoms. The lowest BCUT2D eigenvalue weighted by molar-refractivity contribution is -0.113. The summed E-state index contributed by atoms with van der Waals surface area (Å²) in [6.45, 7) is 7.33. The van der Waals surface area contributed by atoms with Crippen LogP contribution in [0.25, 0.3) is 0 Å². The quantitative estimate of drug-likeness (QED) is 0.451. The van der Waals surface area contributed by atoms with Gasteiger partial charge in [0.05, 0.1) is 5.75 Å². The summed E-state index contributed by atoms with van der Waals surface area (Å²) in [5.41, 5.74) is 2.45. The van der Waals surface area contributed by atoms with Gasteiger partial charge in [0.15, 0.2) is 0 Å². The van der Waals surface area contributed by atoms with Gasteiger partial charge in [0.2, 0.25) is 11.8 Å². The van der Waals surface area contributed by atoms with Crippen molar-refractivity contribution in [2.24, 2.45) is 0 Å². The smallest absolute Gasteiger partial charge is 0.277 e. The SMILES string of the molecule is CCN(CC)C(=O)c1ccc(NC(=O)CSc2nnc(CC(C)c3ccccc3)o2)cc1. The molecular weight excluding hydrogens is 424 g/mol. The summed E-state index contributed by atoms with van der Waals surface area (Å²) < 4.78 is 5.68. The van der Waals surface area contributed by atoms with E-state index in [9.17, 15) is 9.59 Å². The largest absolute Gasteiger partial charge is 0.416 e. The molecule has 0 radical (unpaired) electrons. The van der Waals surface area contributed by atoms with Gasteiger partial charge in [-0.1, -0.05) is 49.0 Å². The van der Waals surface area contributed by atoms with Crippen LogP contribution in [0.1, 0.15) is 48.5 Å². The van der Waals surface area contributed by atoms with Crippen LogP contribution in [0, 0.1) is 0 Å². The van der Waals surface area contributed by atoms with Gasteiger partial charge in [0.1, 0.15) is 0 Å². The number of carbonyl (C=O) groups is 2. The Balaban J connectivity index is 1.47. The number of hydrogen-bond acceptors (Lipinski definition) is 6. The lowest BCUT2D eigenvalue weighted by Gasteiger charge is -2.18. The van der Waals surface area contributed by atoms with E-state index < -0.39 is 0 Å². The minimum absolute atomic E-state index is 0.0165. The molecule has 0 saturated heterocycles. The van der Waals surface area contributed by atoms with E-state index in [4.69, 9.17) is 4.42 Å². The molecule has 1 N–H and O–H groups in total. The van der Waals surface area contributed by atoms with Gasteiger partial charge in [-0.05, 0) is 49.6 Å². The molecule has 0 aliphatic heterocycles. The van der Waals surface area contributed by atoms with Gasteiger partial charge >= 0.3 is 0 Å². The molecule has 3 aromatic rings. The summed E-state index contributed by atoms with van der Waals surface area (Å²) >= 11 is 1.20. The molecule has 0 saturated carbocycles. The molecule has 0 fully saturated rings. The first-order valence-corrected chi connectivity index (χ1v) is 11.7. The first-order valence-electron chi connectivity index (χ1n) is 10.7. The van der Waals surface area contributed by atoms with E-state index >= 15 is 0 Å². The molecular formula is C24H28N4O3S. The minimum atomic E-state index is -0.185. The average Bonchev–Trinajstić information content (AvgIpc) is 3.26. The monoisotopic (exact) mass is 452 g/mol. The van der Waals surface area contributed by atoms with Crippen molar-refractivity contribution in [2.45, 2.75) is 38.3 Å². The summed E-state index contributed by atoms with van der Waals surface area (Å²) in [6, 6.07) is 17.1. The Kier molecular flexibility index (Phi) is 8.44. The molecule has 32 heavy (non-hydrogen) atoms. The molecule has 1 atom stereocenters.